The fourth-order valence-electron chi connectivity index (χ4n) is 13.9. The van der Waals surface area contributed by atoms with Crippen LogP contribution in [0.5, 0.6) is 0 Å². The number of aromatic amines is 6. The van der Waals surface area contributed by atoms with Gasteiger partial charge in [0.25, 0.3) is 33.4 Å². The molecule has 124 heavy (non-hydrogen) atoms. The first kappa shape index (κ1) is 98.0. The second-order valence-corrected chi connectivity index (χ2v) is 46.3. The number of thiol groups is 1. The molecular formula is C63H86N12O37P6S6. The SMILES string of the molecule is Cc1cn([C@H]2C[C@H](OP(=O)(S)OC[C@H]3O[C@@H](n4cc(C)c(=O)[nH]c4=O)C[C@@H]3OP(O)(=S)OC[C@H]3O[C@@H](n4cc(C)c(=O)[nH]c4=O)C[C@@H]3OP(O)(=S)OC[C@H]3O[C@@H](n4cc(C)c(=O)[nH]c4=O)C[C@@H]3OP(O)(=S)OC[C@H]3O[C@@H](n4cc(C)c(=O)[nH]c4=O)C[C@@H]3OP(O)(=S)OC(C)C)[C@@H](COP(O)(=S)O[C@H]3C[C@H](n4cc(C)c(=O)[nH]c4=O)O[C@@H]3CO)O2)c(=O)[nH]c1=O. The molecule has 6 aliphatic rings. The van der Waals surface area contributed by atoms with Gasteiger partial charge in [-0.25, -0.2) is 33.3 Å². The first-order valence-corrected chi connectivity index (χ1v) is 53.0. The predicted molar refractivity (Wildman–Crippen MR) is 449 cm³/mol. The van der Waals surface area contributed by atoms with Gasteiger partial charge in [-0.3, -0.25) is 95.1 Å². The van der Waals surface area contributed by atoms with E-state index in [1.54, 1.807) is 13.8 Å². The second kappa shape index (κ2) is 39.6. The molecule has 0 saturated carbocycles. The summed E-state index contributed by atoms with van der Waals surface area (Å²) < 4.78 is 128. The van der Waals surface area contributed by atoms with Crippen LogP contribution in [0, 0.1) is 41.5 Å². The van der Waals surface area contributed by atoms with E-state index in [-0.39, 0.29) is 59.1 Å². The van der Waals surface area contributed by atoms with Gasteiger partial charge in [-0.2, -0.15) is 0 Å². The number of hydrogen-bond acceptors (Lipinski definition) is 37. The Morgan fingerprint density at radius 1 is 0.347 bits per heavy atom. The molecule has 6 aliphatic heterocycles. The molecule has 686 valence electrons. The van der Waals surface area contributed by atoms with Gasteiger partial charge in [-0.05, 0) is 114 Å². The van der Waals surface area contributed by atoms with Crippen molar-refractivity contribution in [3.8, 4) is 0 Å². The van der Waals surface area contributed by atoms with Crippen LogP contribution in [0.4, 0.5) is 0 Å². The van der Waals surface area contributed by atoms with E-state index in [0.29, 0.717) is 0 Å². The van der Waals surface area contributed by atoms with Crippen molar-refractivity contribution < 1.29 is 117 Å². The summed E-state index contributed by atoms with van der Waals surface area (Å²) in [4.78, 5) is 225. The maximum absolute atomic E-state index is 14.7. The van der Waals surface area contributed by atoms with Crippen LogP contribution in [0.15, 0.2) is 94.7 Å². The molecule has 61 heteroatoms. The summed E-state index contributed by atoms with van der Waals surface area (Å²) in [5.74, 6) is 0. The number of aromatic nitrogens is 12. The topological polar surface area (TPSA) is 634 Å². The van der Waals surface area contributed by atoms with Crippen LogP contribution in [-0.4, -0.2) is 206 Å². The van der Waals surface area contributed by atoms with Crippen LogP contribution < -0.4 is 67.5 Å². The van der Waals surface area contributed by atoms with E-state index in [1.807, 2.05) is 0 Å². The Kier molecular flexibility index (Phi) is 31.3. The minimum atomic E-state index is -4.84. The Balaban J connectivity index is 0.747. The molecule has 6 saturated heterocycles. The quantitative estimate of drug-likeness (QED) is 0.0179. The van der Waals surface area contributed by atoms with Crippen molar-refractivity contribution in [2.24, 2.45) is 0 Å². The van der Waals surface area contributed by atoms with Crippen LogP contribution in [0.2, 0.25) is 0 Å². The number of aliphatic hydroxyl groups is 1. The van der Waals surface area contributed by atoms with E-state index >= 15 is 0 Å². The number of rotatable bonds is 36. The van der Waals surface area contributed by atoms with Gasteiger partial charge in [0.05, 0.1) is 76.3 Å². The number of hydrogen-bond donors (Lipinski definition) is 13. The highest BCUT2D eigenvalue weighted by Gasteiger charge is 2.51. The van der Waals surface area contributed by atoms with Gasteiger partial charge in [0.1, 0.15) is 80.1 Å². The van der Waals surface area contributed by atoms with E-state index in [9.17, 15) is 91.7 Å². The zero-order valence-corrected chi connectivity index (χ0v) is 76.5. The predicted octanol–water partition coefficient (Wildman–Crippen LogP) is -0.203. The lowest BCUT2D eigenvalue weighted by Gasteiger charge is -2.28. The Bertz CT molecular complexity index is 6110. The number of aliphatic hydroxyl groups excluding tert-OH is 1. The molecule has 49 nitrogen and oxygen atoms in total. The normalized spacial score (nSPS) is 29.5. The van der Waals surface area contributed by atoms with Crippen molar-refractivity contribution in [2.45, 2.75) is 211 Å². The Morgan fingerprint density at radius 2 is 0.532 bits per heavy atom. The molecular weight excluding hydrogens is 1890 g/mol. The molecule has 12 N–H and O–H groups in total. The van der Waals surface area contributed by atoms with Gasteiger partial charge < -0.3 is 103 Å². The summed E-state index contributed by atoms with van der Waals surface area (Å²) >= 11 is 31.5. The van der Waals surface area contributed by atoms with Crippen LogP contribution in [0.1, 0.15) is 123 Å². The average Bonchev–Trinajstić information content (AvgIpc) is 1.66. The van der Waals surface area contributed by atoms with Gasteiger partial charge in [-0.15, -0.1) is 0 Å². The van der Waals surface area contributed by atoms with Crippen molar-refractivity contribution in [1.82, 2.24) is 57.3 Å². The molecule has 6 aromatic heterocycles. The third-order valence-electron chi connectivity index (χ3n) is 20.0. The number of aryl methyl sites for hydroxylation is 6. The second-order valence-electron chi connectivity index (χ2n) is 29.6. The standard InChI is InChI=1S/C63H86N12O37P6S6/c1-27(2)106-118(94,124)112-39-14-51(75-20-33(8)57(82)69-63(75)88)105-45(39)26-99-117(93,123)111-38-13-50(74-19-32(7)56(81)68-62(74)87)104-44(38)25-98-116(92,122)110-37-12-49(73-18-31(6)55(80)67-61(73)86)103-43(37)24-97-115(91,121)109-36-11-48(72-17-30(5)54(79)66-60(72)85)102-42(36)23-96-114(90,120)108-35-10-47(71-16-29(4)53(78)65-59(71)84)101-41(35)22-95-113(89,119)107-34-9-46(100-40(34)21-76)70-15-28(3)52(77)64-58(70)83/h15-20,27,34-51,76H,9-14,21-26H2,1-8H3,(H,89,119)(H,90,120)(H,91,121)(H,92,122)(H,93,123)(H,94,124)(H,64,77,83)(H,65,78,84)(H,66,79,85)(H,67,80,86)(H,68,81,87)(H,69,82,88)/t34-,35-,36-,37-,38-,39-,40+,41+,42+,43+,44+,45+,46+,47+,48+,49+,50+,51+,113?,114?,115?,116?,117?,118?/m0/s1. The molecule has 12 heterocycles. The largest absolute Gasteiger partial charge is 0.394 e. The van der Waals surface area contributed by atoms with Crippen LogP contribution >= 0.6 is 52.6 Å². The maximum atomic E-state index is 14.7. The number of ether oxygens (including phenoxy) is 6. The molecule has 0 aromatic carbocycles. The van der Waals surface area contributed by atoms with Crippen molar-refractivity contribution in [3.05, 3.63) is 196 Å². The summed E-state index contributed by atoms with van der Waals surface area (Å²) in [6.07, 6.45) is -20.4. The van der Waals surface area contributed by atoms with E-state index in [1.165, 1.54) is 60.1 Å². The Morgan fingerprint density at radius 3 is 0.742 bits per heavy atom. The first-order chi connectivity index (χ1) is 57.9. The van der Waals surface area contributed by atoms with Gasteiger partial charge in [0.2, 0.25) is 0 Å². The highest BCUT2D eigenvalue weighted by molar-refractivity contribution is 8.44. The molecule has 0 bridgehead atoms. The molecule has 0 amide bonds. The van der Waals surface area contributed by atoms with Crippen LogP contribution in [0.3, 0.4) is 0 Å². The third-order valence-corrected chi connectivity index (χ3v) is 29.7. The summed E-state index contributed by atoms with van der Waals surface area (Å²) in [6.45, 7) is -20.6. The fraction of sp³-hybridized carbons (Fsp3) is 0.619. The van der Waals surface area contributed by atoms with Crippen molar-refractivity contribution in [3.63, 3.8) is 0 Å². The molecule has 0 aliphatic carbocycles. The van der Waals surface area contributed by atoms with Gasteiger partial charge >= 0.3 is 74.5 Å². The van der Waals surface area contributed by atoms with E-state index in [2.05, 4.69) is 42.2 Å². The fourth-order valence-corrected chi connectivity index (χ4v) is 23.3. The van der Waals surface area contributed by atoms with E-state index in [4.69, 9.17) is 142 Å². The van der Waals surface area contributed by atoms with E-state index in [0.717, 1.165) is 46.0 Å². The average molecular weight is 1980 g/mol. The molecule has 6 unspecified atom stereocenters. The monoisotopic (exact) mass is 1980 g/mol. The van der Waals surface area contributed by atoms with Crippen molar-refractivity contribution in [1.29, 1.82) is 0 Å². The molecule has 6 fully saturated rings. The highest BCUT2D eigenvalue weighted by atomic mass is 32.7. The Labute approximate surface area is 727 Å². The maximum Gasteiger partial charge on any atom is 0.386 e. The highest BCUT2D eigenvalue weighted by Crippen LogP contribution is 2.59. The van der Waals surface area contributed by atoms with Crippen molar-refractivity contribution >= 4 is 112 Å². The zero-order chi connectivity index (χ0) is 90.5. The summed E-state index contributed by atoms with van der Waals surface area (Å²) in [5, 5.41) is 10.2. The number of nitrogens with one attached hydrogen (secondary N) is 6. The lowest BCUT2D eigenvalue weighted by atomic mass is 10.2. The van der Waals surface area contributed by atoms with Gasteiger partial charge in [0.15, 0.2) is 0 Å². The first-order valence-electron chi connectivity index (χ1n) is 37.3. The minimum absolute atomic E-state index is 0.0235. The van der Waals surface area contributed by atoms with Crippen molar-refractivity contribution in [2.75, 3.05) is 39.6 Å². The Hall–Kier alpha value is -5.05. The van der Waals surface area contributed by atoms with Crippen LogP contribution in [0.25, 0.3) is 0 Å². The number of H-pyrrole nitrogens is 6. The smallest absolute Gasteiger partial charge is 0.386 e. The number of nitrogens with zero attached hydrogens (tertiary/aromatic N) is 6. The molecule has 24 atom stereocenters. The summed E-state index contributed by atoms with van der Waals surface area (Å²) in [6, 6.07) is 0. The lowest BCUT2D eigenvalue weighted by molar-refractivity contribution is -0.0575. The molecule has 6 aromatic rings. The lowest BCUT2D eigenvalue weighted by Crippen LogP contribution is -2.33. The summed E-state index contributed by atoms with van der Waals surface area (Å²) in [5.41, 5.74) is -9.53. The van der Waals surface area contributed by atoms with Gasteiger partial charge in [0, 0.05) is 109 Å². The third kappa shape index (κ3) is 24.4. The summed E-state index contributed by atoms with van der Waals surface area (Å²) in [7, 11) is 0. The molecule has 12 rings (SSSR count). The van der Waals surface area contributed by atoms with Crippen LogP contribution in [-0.2, 0) is 146 Å². The zero-order valence-electron chi connectivity index (χ0n) is 66.1. The molecule has 0 radical (unpaired) electrons. The van der Waals surface area contributed by atoms with Gasteiger partial charge in [-0.1, -0.05) is 12.2 Å². The van der Waals surface area contributed by atoms with E-state index < -0.39 is 277 Å². The molecule has 0 spiro atoms. The minimum Gasteiger partial charge on any atom is -0.394 e.